The Morgan fingerprint density at radius 2 is 2.31 bits per heavy atom. The minimum absolute atomic E-state index is 0.114. The molecule has 0 spiro atoms. The van der Waals surface area contributed by atoms with Gasteiger partial charge in [0.25, 0.3) is 5.56 Å². The summed E-state index contributed by atoms with van der Waals surface area (Å²) in [5.74, 6) is 0.541. The van der Waals surface area contributed by atoms with Gasteiger partial charge in [0.2, 0.25) is 0 Å². The third-order valence-corrected chi connectivity index (χ3v) is 1.76. The Hall–Kier alpha value is -1.64. The van der Waals surface area contributed by atoms with Crippen molar-refractivity contribution < 1.29 is 0 Å². The van der Waals surface area contributed by atoms with Gasteiger partial charge in [-0.2, -0.15) is 0 Å². The van der Waals surface area contributed by atoms with Crippen LogP contribution in [0.1, 0.15) is 18.4 Å². The minimum Gasteiger partial charge on any atom is -0.269 e. The topological polar surface area (TPSA) is 34.9 Å². The fourth-order valence-corrected chi connectivity index (χ4v) is 1.07. The summed E-state index contributed by atoms with van der Waals surface area (Å²) in [6, 6.07) is 1.51. The maximum Gasteiger partial charge on any atom is 0.258 e. The molecule has 3 nitrogen and oxygen atoms in total. The Morgan fingerprint density at radius 1 is 1.62 bits per heavy atom. The van der Waals surface area contributed by atoms with Crippen LogP contribution >= 0.6 is 0 Å². The Labute approximate surface area is 77.1 Å². The number of rotatable bonds is 3. The maximum absolute atomic E-state index is 11.4. The van der Waals surface area contributed by atoms with E-state index in [0.717, 1.165) is 12.1 Å². The lowest BCUT2D eigenvalue weighted by Gasteiger charge is -2.04. The van der Waals surface area contributed by atoms with Crippen molar-refractivity contribution in [1.29, 1.82) is 0 Å². The Kier molecular flexibility index (Phi) is 2.80. The van der Waals surface area contributed by atoms with Crippen LogP contribution in [0, 0.1) is 0 Å². The molecule has 0 N–H and O–H groups in total. The van der Waals surface area contributed by atoms with E-state index in [4.69, 9.17) is 0 Å². The predicted molar refractivity (Wildman–Crippen MR) is 54.4 cm³/mol. The van der Waals surface area contributed by atoms with Gasteiger partial charge in [0.05, 0.1) is 0 Å². The van der Waals surface area contributed by atoms with Gasteiger partial charge < -0.3 is 0 Å². The highest BCUT2D eigenvalue weighted by Crippen LogP contribution is 1.98. The van der Waals surface area contributed by atoms with Crippen molar-refractivity contribution in [3.63, 3.8) is 0 Å². The second-order valence-corrected chi connectivity index (χ2v) is 2.55. The molecule has 1 aromatic rings. The molecule has 1 rings (SSSR count). The van der Waals surface area contributed by atoms with E-state index in [1.165, 1.54) is 16.8 Å². The summed E-state index contributed by atoms with van der Waals surface area (Å²) in [6.07, 6.45) is 3.72. The normalized spacial score (nSPS) is 9.62. The van der Waals surface area contributed by atoms with E-state index in [2.05, 4.69) is 18.1 Å². The minimum atomic E-state index is -0.114. The fourth-order valence-electron chi connectivity index (χ4n) is 1.07. The fraction of sp³-hybridized carbons (Fsp3) is 0.200. The molecule has 0 aliphatic carbocycles. The lowest BCUT2D eigenvalue weighted by atomic mass is 10.3. The summed E-state index contributed by atoms with van der Waals surface area (Å²) in [7, 11) is 0. The zero-order valence-corrected chi connectivity index (χ0v) is 7.66. The van der Waals surface area contributed by atoms with E-state index < -0.39 is 0 Å². The van der Waals surface area contributed by atoms with Crippen LogP contribution < -0.4 is 5.56 Å². The highest BCUT2D eigenvalue weighted by Gasteiger charge is 2.01. The summed E-state index contributed by atoms with van der Waals surface area (Å²) in [5.41, 5.74) is 0.662. The van der Waals surface area contributed by atoms with E-state index >= 15 is 0 Å². The zero-order valence-electron chi connectivity index (χ0n) is 7.66. The molecule has 68 valence electrons. The largest absolute Gasteiger partial charge is 0.269 e. The molecular weight excluding hydrogens is 164 g/mol. The van der Waals surface area contributed by atoms with E-state index in [-0.39, 0.29) is 5.56 Å². The second-order valence-electron chi connectivity index (χ2n) is 2.55. The first kappa shape index (κ1) is 9.45. The molecule has 0 aliphatic rings. The first-order valence-corrected chi connectivity index (χ1v) is 4.10. The lowest BCUT2D eigenvalue weighted by Crippen LogP contribution is -2.19. The van der Waals surface area contributed by atoms with Crippen molar-refractivity contribution in [3.05, 3.63) is 41.1 Å². The first-order valence-electron chi connectivity index (χ1n) is 4.10. The molecule has 0 fully saturated rings. The zero-order chi connectivity index (χ0) is 9.84. The summed E-state index contributed by atoms with van der Waals surface area (Å²) in [6.45, 7) is 9.07. The first-order chi connectivity index (χ1) is 6.22. The molecule has 0 amide bonds. The smallest absolute Gasteiger partial charge is 0.258 e. The molecule has 0 unspecified atom stereocenters. The van der Waals surface area contributed by atoms with Crippen LogP contribution in [-0.2, 0) is 6.42 Å². The molecule has 0 atom stereocenters. The van der Waals surface area contributed by atoms with Crippen molar-refractivity contribution in [1.82, 2.24) is 9.55 Å². The van der Waals surface area contributed by atoms with Gasteiger partial charge in [0, 0.05) is 18.0 Å². The molecule has 3 heteroatoms. The molecule has 0 saturated heterocycles. The molecule has 0 aromatic carbocycles. The van der Waals surface area contributed by atoms with Crippen LogP contribution in [0.3, 0.4) is 0 Å². The molecule has 0 aliphatic heterocycles. The van der Waals surface area contributed by atoms with Gasteiger partial charge >= 0.3 is 0 Å². The number of aromatic nitrogens is 2. The monoisotopic (exact) mass is 176 g/mol. The van der Waals surface area contributed by atoms with E-state index in [1.54, 1.807) is 6.08 Å². The van der Waals surface area contributed by atoms with E-state index in [0.29, 0.717) is 5.82 Å². The highest BCUT2D eigenvalue weighted by molar-refractivity contribution is 5.41. The Balaban J connectivity index is 3.46. The average Bonchev–Trinajstić information content (AvgIpc) is 2.16. The van der Waals surface area contributed by atoms with Gasteiger partial charge in [-0.05, 0) is 12.5 Å². The average molecular weight is 176 g/mol. The number of aryl methyl sites for hydroxylation is 1. The maximum atomic E-state index is 11.4. The molecule has 13 heavy (non-hydrogen) atoms. The summed E-state index contributed by atoms with van der Waals surface area (Å²) < 4.78 is 1.37. The highest BCUT2D eigenvalue weighted by atomic mass is 16.1. The van der Waals surface area contributed by atoms with Gasteiger partial charge in [0.1, 0.15) is 5.82 Å². The van der Waals surface area contributed by atoms with Gasteiger partial charge in [-0.3, -0.25) is 9.36 Å². The standard InChI is InChI=1S/C10H12N2O/c1-4-8-7-10(13)12(6-3)9(5-2)11-8/h5-7H,2-4H2,1H3. The van der Waals surface area contributed by atoms with Gasteiger partial charge in [0.15, 0.2) is 0 Å². The summed E-state index contributed by atoms with van der Waals surface area (Å²) in [5, 5.41) is 0. The molecule has 0 saturated carbocycles. The van der Waals surface area contributed by atoms with Crippen LogP contribution in [0.25, 0.3) is 12.3 Å². The van der Waals surface area contributed by atoms with Crippen LogP contribution in [0.2, 0.25) is 0 Å². The third-order valence-electron chi connectivity index (χ3n) is 1.76. The lowest BCUT2D eigenvalue weighted by molar-refractivity contribution is 0.906. The quantitative estimate of drug-likeness (QED) is 0.700. The number of nitrogens with zero attached hydrogens (tertiary/aromatic N) is 2. The molecular formula is C10H12N2O. The van der Waals surface area contributed by atoms with Crippen molar-refractivity contribution in [2.45, 2.75) is 13.3 Å². The Morgan fingerprint density at radius 3 is 2.77 bits per heavy atom. The van der Waals surface area contributed by atoms with Gasteiger partial charge in [-0.1, -0.05) is 20.1 Å². The molecule has 1 aromatic heterocycles. The van der Waals surface area contributed by atoms with E-state index in [9.17, 15) is 4.79 Å². The summed E-state index contributed by atoms with van der Waals surface area (Å²) >= 11 is 0. The van der Waals surface area contributed by atoms with Crippen LogP contribution in [-0.4, -0.2) is 9.55 Å². The predicted octanol–water partition coefficient (Wildman–Crippen LogP) is 1.55. The third kappa shape index (κ3) is 1.75. The number of hydrogen-bond donors (Lipinski definition) is 0. The van der Waals surface area contributed by atoms with E-state index in [1.807, 2.05) is 6.92 Å². The van der Waals surface area contributed by atoms with Gasteiger partial charge in [-0.15, -0.1) is 0 Å². The molecule has 0 bridgehead atoms. The molecule has 1 heterocycles. The second kappa shape index (κ2) is 3.85. The Bertz CT molecular complexity index is 390. The summed E-state index contributed by atoms with van der Waals surface area (Å²) in [4.78, 5) is 15.6. The van der Waals surface area contributed by atoms with Crippen molar-refractivity contribution in [2.24, 2.45) is 0 Å². The van der Waals surface area contributed by atoms with Crippen molar-refractivity contribution in [3.8, 4) is 0 Å². The van der Waals surface area contributed by atoms with Crippen LogP contribution in [0.5, 0.6) is 0 Å². The van der Waals surface area contributed by atoms with Crippen molar-refractivity contribution >= 4 is 12.3 Å². The van der Waals surface area contributed by atoms with Crippen LogP contribution in [0.15, 0.2) is 24.0 Å². The van der Waals surface area contributed by atoms with Crippen molar-refractivity contribution in [2.75, 3.05) is 0 Å². The molecule has 0 radical (unpaired) electrons. The SMILES string of the molecule is C=Cc1nc(CC)cc(=O)n1C=C. The van der Waals surface area contributed by atoms with Crippen LogP contribution in [0.4, 0.5) is 0 Å². The number of hydrogen-bond acceptors (Lipinski definition) is 2. The van der Waals surface area contributed by atoms with Gasteiger partial charge in [-0.25, -0.2) is 4.98 Å².